The van der Waals surface area contributed by atoms with Gasteiger partial charge in [-0.1, -0.05) is 38.1 Å². The molecule has 0 aliphatic carbocycles. The highest BCUT2D eigenvalue weighted by molar-refractivity contribution is 7.71. The van der Waals surface area contributed by atoms with Gasteiger partial charge in [0.15, 0.2) is 10.4 Å². The van der Waals surface area contributed by atoms with Crippen molar-refractivity contribution >= 4 is 23.4 Å². The Kier molecular flexibility index (Phi) is 3.68. The summed E-state index contributed by atoms with van der Waals surface area (Å²) in [6, 6.07) is 8.72. The van der Waals surface area contributed by atoms with E-state index in [0.717, 1.165) is 41.0 Å². The normalized spacial score (nSPS) is 11.4. The predicted octanol–water partition coefficient (Wildman–Crippen LogP) is 3.61. The molecule has 0 saturated carbocycles. The van der Waals surface area contributed by atoms with Crippen molar-refractivity contribution in [1.82, 2.24) is 19.3 Å². The quantitative estimate of drug-likeness (QED) is 0.748. The molecule has 0 unspecified atom stereocenters. The zero-order chi connectivity index (χ0) is 15.0. The van der Waals surface area contributed by atoms with Crippen LogP contribution >= 0.6 is 12.2 Å². The minimum Gasteiger partial charge on any atom is -0.328 e. The molecule has 3 rings (SSSR count). The summed E-state index contributed by atoms with van der Waals surface area (Å²) in [6.45, 7) is 5.05. The SMILES string of the molecule is CCc1ccc(Cn2c(=S)[nH]c3c(CC)nn(C)c32)cc1. The Balaban J connectivity index is 2.05. The minimum atomic E-state index is 0.757. The van der Waals surface area contributed by atoms with Gasteiger partial charge in [0, 0.05) is 7.05 Å². The fourth-order valence-corrected chi connectivity index (χ4v) is 2.99. The first-order chi connectivity index (χ1) is 10.1. The minimum absolute atomic E-state index is 0.757. The summed E-state index contributed by atoms with van der Waals surface area (Å²) in [5.41, 5.74) is 5.81. The first kappa shape index (κ1) is 14.1. The molecule has 5 heteroatoms. The van der Waals surface area contributed by atoms with Crippen LogP contribution in [0.25, 0.3) is 11.2 Å². The standard InChI is InChI=1S/C16H20N4S/c1-4-11-6-8-12(9-7-11)10-20-15-14(17-16(20)21)13(5-2)18-19(15)3/h6-9H,4-5,10H2,1-3H3,(H,17,21). The molecule has 3 aromatic rings. The number of nitrogens with zero attached hydrogens (tertiary/aromatic N) is 3. The number of aromatic amines is 1. The largest absolute Gasteiger partial charge is 0.328 e. The predicted molar refractivity (Wildman–Crippen MR) is 88.2 cm³/mol. The van der Waals surface area contributed by atoms with Gasteiger partial charge in [-0.15, -0.1) is 0 Å². The Morgan fingerprint density at radius 3 is 2.38 bits per heavy atom. The molecule has 1 N–H and O–H groups in total. The molecular formula is C16H20N4S. The number of H-pyrrole nitrogens is 1. The third kappa shape index (κ3) is 2.42. The second-order valence-electron chi connectivity index (χ2n) is 5.31. The van der Waals surface area contributed by atoms with Gasteiger partial charge in [0.1, 0.15) is 5.52 Å². The van der Waals surface area contributed by atoms with Gasteiger partial charge in [0.25, 0.3) is 0 Å². The highest BCUT2D eigenvalue weighted by atomic mass is 32.1. The van der Waals surface area contributed by atoms with Crippen LogP contribution in [-0.2, 0) is 26.4 Å². The number of hydrogen-bond acceptors (Lipinski definition) is 2. The molecule has 110 valence electrons. The van der Waals surface area contributed by atoms with Gasteiger partial charge < -0.3 is 4.98 Å². The summed E-state index contributed by atoms with van der Waals surface area (Å²) >= 11 is 5.49. The maximum absolute atomic E-state index is 5.49. The lowest BCUT2D eigenvalue weighted by molar-refractivity contribution is 0.709. The number of nitrogens with one attached hydrogen (secondary N) is 1. The summed E-state index contributed by atoms with van der Waals surface area (Å²) < 4.78 is 4.80. The molecule has 0 aliphatic heterocycles. The second kappa shape index (κ2) is 5.48. The molecule has 2 aromatic heterocycles. The van der Waals surface area contributed by atoms with Crippen molar-refractivity contribution in [2.75, 3.05) is 0 Å². The number of fused-ring (bicyclic) bond motifs is 1. The van der Waals surface area contributed by atoms with Crippen molar-refractivity contribution in [1.29, 1.82) is 0 Å². The molecule has 0 aliphatic rings. The first-order valence-corrected chi connectivity index (χ1v) is 7.77. The van der Waals surface area contributed by atoms with Crippen molar-refractivity contribution in [2.45, 2.75) is 33.2 Å². The van der Waals surface area contributed by atoms with Crippen LogP contribution in [0.3, 0.4) is 0 Å². The maximum Gasteiger partial charge on any atom is 0.179 e. The Labute approximate surface area is 129 Å². The van der Waals surface area contributed by atoms with Crippen LogP contribution in [0.2, 0.25) is 0 Å². The van der Waals surface area contributed by atoms with Crippen LogP contribution in [0.15, 0.2) is 24.3 Å². The lowest BCUT2D eigenvalue weighted by Gasteiger charge is -2.06. The van der Waals surface area contributed by atoms with Crippen molar-refractivity contribution in [3.63, 3.8) is 0 Å². The Hall–Kier alpha value is -1.88. The van der Waals surface area contributed by atoms with E-state index in [9.17, 15) is 0 Å². The zero-order valence-corrected chi connectivity index (χ0v) is 13.5. The second-order valence-corrected chi connectivity index (χ2v) is 5.70. The van der Waals surface area contributed by atoms with E-state index in [0.29, 0.717) is 0 Å². The summed E-state index contributed by atoms with van der Waals surface area (Å²) in [6.07, 6.45) is 1.97. The van der Waals surface area contributed by atoms with Crippen LogP contribution in [0.5, 0.6) is 0 Å². The monoisotopic (exact) mass is 300 g/mol. The summed E-state index contributed by atoms with van der Waals surface area (Å²) in [5.74, 6) is 0. The fourth-order valence-electron chi connectivity index (χ4n) is 2.73. The Bertz CT molecular complexity index is 820. The van der Waals surface area contributed by atoms with Gasteiger partial charge in [-0.25, -0.2) is 0 Å². The summed E-state index contributed by atoms with van der Waals surface area (Å²) in [5, 5.41) is 4.56. The highest BCUT2D eigenvalue weighted by Crippen LogP contribution is 2.19. The molecule has 1 aromatic carbocycles. The van der Waals surface area contributed by atoms with E-state index < -0.39 is 0 Å². The van der Waals surface area contributed by atoms with Gasteiger partial charge in [-0.3, -0.25) is 9.25 Å². The molecule has 0 spiro atoms. The molecule has 0 saturated heterocycles. The van der Waals surface area contributed by atoms with Crippen molar-refractivity contribution < 1.29 is 0 Å². The first-order valence-electron chi connectivity index (χ1n) is 7.36. The number of aromatic nitrogens is 4. The molecule has 0 bridgehead atoms. The Morgan fingerprint density at radius 2 is 1.76 bits per heavy atom. The van der Waals surface area contributed by atoms with Crippen LogP contribution in [0.1, 0.15) is 30.7 Å². The molecule has 2 heterocycles. The Morgan fingerprint density at radius 1 is 1.10 bits per heavy atom. The van der Waals surface area contributed by atoms with Crippen LogP contribution in [0, 0.1) is 4.77 Å². The van der Waals surface area contributed by atoms with E-state index in [1.807, 2.05) is 11.7 Å². The molecular weight excluding hydrogens is 280 g/mol. The topological polar surface area (TPSA) is 38.5 Å². The molecule has 0 radical (unpaired) electrons. The molecule has 0 fully saturated rings. The van der Waals surface area contributed by atoms with E-state index in [2.05, 4.69) is 52.8 Å². The van der Waals surface area contributed by atoms with Crippen molar-refractivity contribution in [2.24, 2.45) is 7.05 Å². The van der Waals surface area contributed by atoms with Crippen molar-refractivity contribution in [3.05, 3.63) is 45.9 Å². The smallest absolute Gasteiger partial charge is 0.179 e. The van der Waals surface area contributed by atoms with Crippen LogP contribution < -0.4 is 0 Å². The highest BCUT2D eigenvalue weighted by Gasteiger charge is 2.14. The van der Waals surface area contributed by atoms with Gasteiger partial charge in [-0.2, -0.15) is 5.10 Å². The van der Waals surface area contributed by atoms with E-state index >= 15 is 0 Å². The van der Waals surface area contributed by atoms with E-state index in [1.54, 1.807) is 0 Å². The summed E-state index contributed by atoms with van der Waals surface area (Å²) in [7, 11) is 1.97. The number of aryl methyl sites for hydroxylation is 3. The van der Waals surface area contributed by atoms with Gasteiger partial charge >= 0.3 is 0 Å². The van der Waals surface area contributed by atoms with Crippen molar-refractivity contribution in [3.8, 4) is 0 Å². The van der Waals surface area contributed by atoms with E-state index in [-0.39, 0.29) is 0 Å². The maximum atomic E-state index is 5.49. The third-order valence-corrected chi connectivity index (χ3v) is 4.25. The lowest BCUT2D eigenvalue weighted by atomic mass is 10.1. The lowest BCUT2D eigenvalue weighted by Crippen LogP contribution is -2.04. The van der Waals surface area contributed by atoms with Crippen LogP contribution in [-0.4, -0.2) is 19.3 Å². The average molecular weight is 300 g/mol. The van der Waals surface area contributed by atoms with Gasteiger partial charge in [0.2, 0.25) is 0 Å². The van der Waals surface area contributed by atoms with Crippen LogP contribution in [0.4, 0.5) is 0 Å². The van der Waals surface area contributed by atoms with Gasteiger partial charge in [-0.05, 0) is 36.2 Å². The zero-order valence-electron chi connectivity index (χ0n) is 12.7. The third-order valence-electron chi connectivity index (χ3n) is 3.93. The molecule has 0 atom stereocenters. The fraction of sp³-hybridized carbons (Fsp3) is 0.375. The number of rotatable bonds is 4. The number of imidazole rings is 1. The molecule has 21 heavy (non-hydrogen) atoms. The van der Waals surface area contributed by atoms with E-state index in [4.69, 9.17) is 12.2 Å². The number of hydrogen-bond donors (Lipinski definition) is 1. The number of benzene rings is 1. The van der Waals surface area contributed by atoms with Gasteiger partial charge in [0.05, 0.1) is 12.2 Å². The molecule has 0 amide bonds. The van der Waals surface area contributed by atoms with E-state index in [1.165, 1.54) is 11.1 Å². The average Bonchev–Trinajstić information content (AvgIpc) is 2.98. The summed E-state index contributed by atoms with van der Waals surface area (Å²) in [4.78, 5) is 3.30. The molecule has 4 nitrogen and oxygen atoms in total.